The first kappa shape index (κ1) is 13.2. The normalized spacial score (nSPS) is 21.1. The minimum atomic E-state index is -0.639. The summed E-state index contributed by atoms with van der Waals surface area (Å²) in [6.07, 6.45) is 2.35. The van der Waals surface area contributed by atoms with Crippen molar-refractivity contribution >= 4 is 29.1 Å². The molecule has 1 saturated carbocycles. The minimum absolute atomic E-state index is 0.0275. The van der Waals surface area contributed by atoms with Gasteiger partial charge in [-0.15, -0.1) is 0 Å². The first-order valence-electron chi connectivity index (χ1n) is 6.43. The van der Waals surface area contributed by atoms with E-state index in [2.05, 4.69) is 0 Å². The summed E-state index contributed by atoms with van der Waals surface area (Å²) in [5.41, 5.74) is 0.0256. The van der Waals surface area contributed by atoms with Gasteiger partial charge >= 0.3 is 0 Å². The highest BCUT2D eigenvalue weighted by atomic mass is 35.5. The molecule has 1 amide bonds. The number of carbonyl (C=O) groups is 1. The molecule has 5 heteroatoms. The van der Waals surface area contributed by atoms with Crippen LogP contribution in [0.3, 0.4) is 0 Å². The maximum atomic E-state index is 12.1. The zero-order valence-corrected chi connectivity index (χ0v) is 11.9. The molecule has 1 N–H and O–H groups in total. The molecule has 0 unspecified atom stereocenters. The molecule has 1 aromatic rings. The maximum absolute atomic E-state index is 12.1. The number of hydrogen-bond acceptors (Lipinski definition) is 2. The lowest BCUT2D eigenvalue weighted by Crippen LogP contribution is -2.65. The van der Waals surface area contributed by atoms with E-state index in [-0.39, 0.29) is 12.3 Å². The SMILES string of the molecule is O=C(Cc1c(Cl)cccc1Cl)N1CC(O)(C2CC2)C1. The summed E-state index contributed by atoms with van der Waals surface area (Å²) < 4.78 is 0. The number of nitrogens with zero attached hydrogens (tertiary/aromatic N) is 1. The smallest absolute Gasteiger partial charge is 0.227 e. The van der Waals surface area contributed by atoms with E-state index < -0.39 is 5.60 Å². The third kappa shape index (κ3) is 2.47. The first-order valence-corrected chi connectivity index (χ1v) is 7.18. The van der Waals surface area contributed by atoms with Gasteiger partial charge in [0, 0.05) is 10.0 Å². The van der Waals surface area contributed by atoms with Gasteiger partial charge in [0.25, 0.3) is 0 Å². The maximum Gasteiger partial charge on any atom is 0.227 e. The van der Waals surface area contributed by atoms with Crippen LogP contribution < -0.4 is 0 Å². The Bertz CT molecular complexity index is 502. The number of benzene rings is 1. The molecule has 0 radical (unpaired) electrons. The van der Waals surface area contributed by atoms with E-state index in [9.17, 15) is 9.90 Å². The largest absolute Gasteiger partial charge is 0.386 e. The van der Waals surface area contributed by atoms with Crippen molar-refractivity contribution in [2.45, 2.75) is 24.9 Å². The third-order valence-corrected chi connectivity index (χ3v) is 4.72. The molecule has 1 aliphatic carbocycles. The fourth-order valence-electron chi connectivity index (χ4n) is 2.63. The average molecular weight is 300 g/mol. The monoisotopic (exact) mass is 299 g/mol. The van der Waals surface area contributed by atoms with E-state index in [1.807, 2.05) is 0 Å². The first-order chi connectivity index (χ1) is 8.99. The molecule has 2 fully saturated rings. The fraction of sp³-hybridized carbons (Fsp3) is 0.500. The minimum Gasteiger partial charge on any atom is -0.386 e. The van der Waals surface area contributed by atoms with Gasteiger partial charge in [-0.05, 0) is 36.5 Å². The summed E-state index contributed by atoms with van der Waals surface area (Å²) in [4.78, 5) is 13.8. The highest BCUT2D eigenvalue weighted by Gasteiger charge is 2.53. The Balaban J connectivity index is 1.63. The molecule has 19 heavy (non-hydrogen) atoms. The quantitative estimate of drug-likeness (QED) is 0.932. The molecule has 3 nitrogen and oxygen atoms in total. The van der Waals surface area contributed by atoms with E-state index in [4.69, 9.17) is 23.2 Å². The Morgan fingerprint density at radius 3 is 2.42 bits per heavy atom. The topological polar surface area (TPSA) is 40.5 Å². The summed E-state index contributed by atoms with van der Waals surface area (Å²) in [6, 6.07) is 5.22. The van der Waals surface area contributed by atoms with Crippen molar-refractivity contribution in [1.29, 1.82) is 0 Å². The standard InChI is InChI=1S/C14H15Cl2NO2/c15-11-2-1-3-12(16)10(11)6-13(18)17-7-14(19,8-17)9-4-5-9/h1-3,9,19H,4-8H2. The number of halogens is 2. The molecule has 0 bridgehead atoms. The van der Waals surface area contributed by atoms with Crippen LogP contribution >= 0.6 is 23.2 Å². The van der Waals surface area contributed by atoms with E-state index in [0.717, 1.165) is 12.8 Å². The summed E-state index contributed by atoms with van der Waals surface area (Å²) >= 11 is 12.1. The molecule has 0 aromatic heterocycles. The lowest BCUT2D eigenvalue weighted by atomic mass is 9.88. The molecule has 3 rings (SSSR count). The van der Waals surface area contributed by atoms with Crippen LogP contribution in [0.5, 0.6) is 0 Å². The van der Waals surface area contributed by atoms with Crippen molar-refractivity contribution in [2.75, 3.05) is 13.1 Å². The van der Waals surface area contributed by atoms with Crippen molar-refractivity contribution in [3.63, 3.8) is 0 Å². The van der Waals surface area contributed by atoms with E-state index in [1.165, 1.54) is 0 Å². The number of rotatable bonds is 3. The number of β-amino-alcohol motifs (C(OH)–C–C–N with tert-alkyl or cyclic N) is 1. The van der Waals surface area contributed by atoms with Crippen LogP contribution in [0.15, 0.2) is 18.2 Å². The molecule has 102 valence electrons. The molecule has 0 atom stereocenters. The Morgan fingerprint density at radius 1 is 1.32 bits per heavy atom. The lowest BCUT2D eigenvalue weighted by molar-refractivity contribution is -0.158. The van der Waals surface area contributed by atoms with Crippen LogP contribution in [-0.2, 0) is 11.2 Å². The molecule has 0 spiro atoms. The van der Waals surface area contributed by atoms with Crippen LogP contribution in [-0.4, -0.2) is 34.6 Å². The Kier molecular flexibility index (Phi) is 3.24. The van der Waals surface area contributed by atoms with Crippen molar-refractivity contribution < 1.29 is 9.90 Å². The zero-order valence-electron chi connectivity index (χ0n) is 10.4. The molecule has 1 aromatic carbocycles. The van der Waals surface area contributed by atoms with Crippen LogP contribution in [0.2, 0.25) is 10.0 Å². The number of amides is 1. The van der Waals surface area contributed by atoms with Crippen LogP contribution in [0.25, 0.3) is 0 Å². The predicted octanol–water partition coefficient (Wildman–Crippen LogP) is 2.52. The molecule has 1 heterocycles. The second-order valence-electron chi connectivity index (χ2n) is 5.50. The van der Waals surface area contributed by atoms with Crippen molar-refractivity contribution in [3.8, 4) is 0 Å². The summed E-state index contributed by atoms with van der Waals surface area (Å²) in [5, 5.41) is 11.2. The Hall–Kier alpha value is -0.770. The van der Waals surface area contributed by atoms with E-state index in [0.29, 0.717) is 34.6 Å². The fourth-order valence-corrected chi connectivity index (χ4v) is 3.17. The third-order valence-electron chi connectivity index (χ3n) is 4.01. The van der Waals surface area contributed by atoms with E-state index in [1.54, 1.807) is 23.1 Å². The highest BCUT2D eigenvalue weighted by molar-refractivity contribution is 6.36. The van der Waals surface area contributed by atoms with Crippen molar-refractivity contribution in [1.82, 2.24) is 4.90 Å². The summed E-state index contributed by atoms with van der Waals surface area (Å²) in [5.74, 6) is 0.362. The Morgan fingerprint density at radius 2 is 1.89 bits per heavy atom. The second-order valence-corrected chi connectivity index (χ2v) is 6.32. The van der Waals surface area contributed by atoms with Gasteiger partial charge < -0.3 is 10.0 Å². The molecule has 1 saturated heterocycles. The van der Waals surface area contributed by atoms with Gasteiger partial charge in [-0.2, -0.15) is 0 Å². The number of carbonyl (C=O) groups excluding carboxylic acids is 1. The van der Waals surface area contributed by atoms with Gasteiger partial charge in [0.1, 0.15) is 5.60 Å². The zero-order chi connectivity index (χ0) is 13.6. The highest BCUT2D eigenvalue weighted by Crippen LogP contribution is 2.44. The number of aliphatic hydroxyl groups is 1. The van der Waals surface area contributed by atoms with Gasteiger partial charge in [-0.1, -0.05) is 29.3 Å². The average Bonchev–Trinajstić information content (AvgIpc) is 3.14. The number of likely N-dealkylation sites (tertiary alicyclic amines) is 1. The molecular weight excluding hydrogens is 285 g/mol. The summed E-state index contributed by atoms with van der Waals surface area (Å²) in [6.45, 7) is 0.886. The second kappa shape index (κ2) is 4.65. The molecule has 1 aliphatic heterocycles. The van der Waals surface area contributed by atoms with Crippen molar-refractivity contribution in [2.24, 2.45) is 5.92 Å². The number of hydrogen-bond donors (Lipinski definition) is 1. The molecular formula is C14H15Cl2NO2. The van der Waals surface area contributed by atoms with Gasteiger partial charge in [0.15, 0.2) is 0 Å². The van der Waals surface area contributed by atoms with Gasteiger partial charge in [0.05, 0.1) is 19.5 Å². The predicted molar refractivity (Wildman–Crippen MR) is 74.4 cm³/mol. The summed E-state index contributed by atoms with van der Waals surface area (Å²) in [7, 11) is 0. The lowest BCUT2D eigenvalue weighted by Gasteiger charge is -2.47. The van der Waals surface area contributed by atoms with E-state index >= 15 is 0 Å². The van der Waals surface area contributed by atoms with Crippen LogP contribution in [0.4, 0.5) is 0 Å². The van der Waals surface area contributed by atoms with Gasteiger partial charge in [-0.25, -0.2) is 0 Å². The molecule has 2 aliphatic rings. The van der Waals surface area contributed by atoms with Crippen LogP contribution in [0, 0.1) is 5.92 Å². The van der Waals surface area contributed by atoms with Gasteiger partial charge in [0.2, 0.25) is 5.91 Å². The Labute approximate surface area is 122 Å². The van der Waals surface area contributed by atoms with Crippen molar-refractivity contribution in [3.05, 3.63) is 33.8 Å². The van der Waals surface area contributed by atoms with Crippen LogP contribution in [0.1, 0.15) is 18.4 Å². The van der Waals surface area contributed by atoms with Gasteiger partial charge in [-0.3, -0.25) is 4.79 Å².